The lowest BCUT2D eigenvalue weighted by atomic mass is 9.91. The molecule has 0 aromatic rings. The zero-order valence-corrected chi connectivity index (χ0v) is 14.7. The van der Waals surface area contributed by atoms with Crippen LogP contribution in [0.3, 0.4) is 0 Å². The molecule has 0 aliphatic carbocycles. The minimum Gasteiger partial charge on any atom is -0.386 e. The maximum atomic E-state index is 7.79. The molecule has 1 aliphatic rings. The van der Waals surface area contributed by atoms with Crippen molar-refractivity contribution in [2.24, 2.45) is 0 Å². The molecule has 0 saturated heterocycles. The van der Waals surface area contributed by atoms with Crippen LogP contribution in [0.4, 0.5) is 0 Å². The van der Waals surface area contributed by atoms with Crippen molar-refractivity contribution < 1.29 is 0 Å². The van der Waals surface area contributed by atoms with Crippen LogP contribution >= 0.6 is 0 Å². The van der Waals surface area contributed by atoms with Crippen LogP contribution in [0.15, 0.2) is 58.1 Å². The molecule has 1 heterocycles. The van der Waals surface area contributed by atoms with Crippen molar-refractivity contribution in [3.8, 4) is 0 Å². The van der Waals surface area contributed by atoms with Gasteiger partial charge >= 0.3 is 0 Å². The van der Waals surface area contributed by atoms with E-state index in [0.29, 0.717) is 6.04 Å². The van der Waals surface area contributed by atoms with E-state index in [1.54, 1.807) is 0 Å². The van der Waals surface area contributed by atoms with Crippen LogP contribution in [0, 0.1) is 5.41 Å². The first-order chi connectivity index (χ1) is 10.3. The predicted molar refractivity (Wildman–Crippen MR) is 96.9 cm³/mol. The Labute approximate surface area is 135 Å². The van der Waals surface area contributed by atoms with Crippen LogP contribution in [0.5, 0.6) is 0 Å². The lowest BCUT2D eigenvalue weighted by Crippen LogP contribution is -2.23. The van der Waals surface area contributed by atoms with E-state index in [0.717, 1.165) is 34.7 Å². The Kier molecular flexibility index (Phi) is 6.41. The summed E-state index contributed by atoms with van der Waals surface area (Å²) in [5.74, 6) is 0. The van der Waals surface area contributed by atoms with E-state index < -0.39 is 0 Å². The summed E-state index contributed by atoms with van der Waals surface area (Å²) in [6.45, 7) is 16.6. The number of nitrogens with one attached hydrogen (secondary N) is 3. The highest BCUT2D eigenvalue weighted by molar-refractivity contribution is 5.83. The molecule has 0 aromatic carbocycles. The molecule has 120 valence electrons. The maximum absolute atomic E-state index is 7.79. The standard InChI is InChI=1S/C19H29N3/c1-8-17(19(11-20)16(7)21-12(2)3)10-18-13(4)9-14(5)22-15(18)6/h8-9,11-12,20-22H,6,10H2,1-5,7H3/b17-8-,19-16+,20-11?. The van der Waals surface area contributed by atoms with Crippen molar-refractivity contribution in [3.63, 3.8) is 0 Å². The SMILES string of the molecule is C=C1NC(C)=CC(C)=C1CC(=C/C)/C(C=N)=C(\C)NC(C)C. The first kappa shape index (κ1) is 18.0. The Morgan fingerprint density at radius 2 is 2.05 bits per heavy atom. The van der Waals surface area contributed by atoms with E-state index in [1.165, 1.54) is 17.4 Å². The normalized spacial score (nSPS) is 17.1. The zero-order chi connectivity index (χ0) is 16.9. The van der Waals surface area contributed by atoms with E-state index in [-0.39, 0.29) is 0 Å². The van der Waals surface area contributed by atoms with E-state index in [1.807, 2.05) is 20.8 Å². The van der Waals surface area contributed by atoms with Crippen molar-refractivity contribution in [3.05, 3.63) is 58.1 Å². The van der Waals surface area contributed by atoms with Gasteiger partial charge in [0.05, 0.1) is 0 Å². The molecule has 0 saturated carbocycles. The minimum absolute atomic E-state index is 0.353. The van der Waals surface area contributed by atoms with Gasteiger partial charge in [0.15, 0.2) is 0 Å². The van der Waals surface area contributed by atoms with Gasteiger partial charge in [-0.05, 0) is 64.3 Å². The summed E-state index contributed by atoms with van der Waals surface area (Å²) in [4.78, 5) is 0. The fourth-order valence-corrected chi connectivity index (χ4v) is 2.74. The van der Waals surface area contributed by atoms with Crippen LogP contribution < -0.4 is 10.6 Å². The van der Waals surface area contributed by atoms with Crippen molar-refractivity contribution in [1.82, 2.24) is 10.6 Å². The minimum atomic E-state index is 0.353. The van der Waals surface area contributed by atoms with Gasteiger partial charge in [0.2, 0.25) is 0 Å². The quantitative estimate of drug-likeness (QED) is 0.496. The van der Waals surface area contributed by atoms with Crippen LogP contribution in [0.1, 0.15) is 48.0 Å². The van der Waals surface area contributed by atoms with Gasteiger partial charge in [-0.25, -0.2) is 0 Å². The third-order valence-corrected chi connectivity index (χ3v) is 3.74. The van der Waals surface area contributed by atoms with Gasteiger partial charge in [-0.1, -0.05) is 12.7 Å². The fourth-order valence-electron chi connectivity index (χ4n) is 2.74. The predicted octanol–water partition coefficient (Wildman–Crippen LogP) is 4.58. The van der Waals surface area contributed by atoms with Gasteiger partial charge < -0.3 is 16.0 Å². The maximum Gasteiger partial charge on any atom is 0.0347 e. The van der Waals surface area contributed by atoms with Gasteiger partial charge in [-0.2, -0.15) is 0 Å². The van der Waals surface area contributed by atoms with Crippen LogP contribution in [-0.4, -0.2) is 12.3 Å². The number of allylic oxidation sites excluding steroid dienone is 8. The largest absolute Gasteiger partial charge is 0.386 e. The Hall–Kier alpha value is -2.03. The fraction of sp³-hybridized carbons (Fsp3) is 0.421. The molecule has 0 aromatic heterocycles. The molecule has 3 N–H and O–H groups in total. The summed E-state index contributed by atoms with van der Waals surface area (Å²) in [6, 6.07) is 0.353. The average molecular weight is 299 g/mol. The summed E-state index contributed by atoms with van der Waals surface area (Å²) in [5.41, 5.74) is 7.65. The van der Waals surface area contributed by atoms with Crippen LogP contribution in [0.2, 0.25) is 0 Å². The van der Waals surface area contributed by atoms with Gasteiger partial charge in [0.1, 0.15) is 0 Å². The number of rotatable bonds is 6. The van der Waals surface area contributed by atoms with Crippen molar-refractivity contribution in [1.29, 1.82) is 5.41 Å². The lowest BCUT2D eigenvalue weighted by molar-refractivity contribution is 0.666. The highest BCUT2D eigenvalue weighted by Gasteiger charge is 2.16. The first-order valence-corrected chi connectivity index (χ1v) is 7.77. The van der Waals surface area contributed by atoms with E-state index in [4.69, 9.17) is 5.41 Å². The molecular weight excluding hydrogens is 270 g/mol. The Bertz CT molecular complexity index is 584. The van der Waals surface area contributed by atoms with Crippen molar-refractivity contribution >= 4 is 6.21 Å². The lowest BCUT2D eigenvalue weighted by Gasteiger charge is -2.23. The zero-order valence-electron chi connectivity index (χ0n) is 14.7. The molecule has 0 atom stereocenters. The third-order valence-electron chi connectivity index (χ3n) is 3.74. The Morgan fingerprint density at radius 1 is 1.41 bits per heavy atom. The Balaban J connectivity index is 3.15. The summed E-state index contributed by atoms with van der Waals surface area (Å²) >= 11 is 0. The number of dihydropyridines is 1. The summed E-state index contributed by atoms with van der Waals surface area (Å²) < 4.78 is 0. The van der Waals surface area contributed by atoms with Gasteiger partial charge in [-0.15, -0.1) is 0 Å². The molecule has 1 rings (SSSR count). The summed E-state index contributed by atoms with van der Waals surface area (Å²) in [7, 11) is 0. The van der Waals surface area contributed by atoms with E-state index in [9.17, 15) is 0 Å². The molecule has 0 fully saturated rings. The second kappa shape index (κ2) is 7.83. The average Bonchev–Trinajstić information content (AvgIpc) is 2.40. The highest BCUT2D eigenvalue weighted by Crippen LogP contribution is 2.29. The summed E-state index contributed by atoms with van der Waals surface area (Å²) in [5, 5.41) is 14.5. The third kappa shape index (κ3) is 4.48. The van der Waals surface area contributed by atoms with Crippen molar-refractivity contribution in [2.45, 2.75) is 54.0 Å². The summed E-state index contributed by atoms with van der Waals surface area (Å²) in [6.07, 6.45) is 6.45. The van der Waals surface area contributed by atoms with E-state index in [2.05, 4.69) is 50.1 Å². The second-order valence-corrected chi connectivity index (χ2v) is 6.07. The Morgan fingerprint density at radius 3 is 2.50 bits per heavy atom. The number of hydrogen-bond donors (Lipinski definition) is 3. The molecule has 0 radical (unpaired) electrons. The molecule has 22 heavy (non-hydrogen) atoms. The second-order valence-electron chi connectivity index (χ2n) is 6.07. The van der Waals surface area contributed by atoms with E-state index >= 15 is 0 Å². The number of hydrogen-bond acceptors (Lipinski definition) is 3. The highest BCUT2D eigenvalue weighted by atomic mass is 14.9. The van der Waals surface area contributed by atoms with Crippen LogP contribution in [-0.2, 0) is 0 Å². The molecule has 0 bridgehead atoms. The molecule has 0 amide bonds. The topological polar surface area (TPSA) is 47.9 Å². The van der Waals surface area contributed by atoms with Gasteiger partial charge in [0.25, 0.3) is 0 Å². The molecule has 0 unspecified atom stereocenters. The molecule has 3 heteroatoms. The van der Waals surface area contributed by atoms with Gasteiger partial charge in [0, 0.05) is 41.3 Å². The molecule has 1 aliphatic heterocycles. The van der Waals surface area contributed by atoms with Crippen LogP contribution in [0.25, 0.3) is 0 Å². The molecule has 0 spiro atoms. The van der Waals surface area contributed by atoms with Gasteiger partial charge in [-0.3, -0.25) is 0 Å². The first-order valence-electron chi connectivity index (χ1n) is 7.77. The molecule has 3 nitrogen and oxygen atoms in total. The molecular formula is C19H29N3. The van der Waals surface area contributed by atoms with Crippen molar-refractivity contribution in [2.75, 3.05) is 0 Å². The monoisotopic (exact) mass is 299 g/mol. The smallest absolute Gasteiger partial charge is 0.0347 e.